The first-order chi connectivity index (χ1) is 9.75. The third-order valence-electron chi connectivity index (χ3n) is 2.63. The summed E-state index contributed by atoms with van der Waals surface area (Å²) in [6.07, 6.45) is -4.58. The number of halogens is 5. The Bertz CT molecular complexity index is 638. The SMILES string of the molecule is Nc1ccc(OCc2cc(F)cc(Br)c2)c(C(F)(F)F)c1. The summed E-state index contributed by atoms with van der Waals surface area (Å²) < 4.78 is 57.5. The van der Waals surface area contributed by atoms with Gasteiger partial charge in [-0.1, -0.05) is 15.9 Å². The molecule has 2 aromatic rings. The van der Waals surface area contributed by atoms with Crippen LogP contribution in [-0.2, 0) is 12.8 Å². The third-order valence-corrected chi connectivity index (χ3v) is 3.08. The second kappa shape index (κ2) is 5.93. The summed E-state index contributed by atoms with van der Waals surface area (Å²) in [5.74, 6) is -0.853. The molecule has 0 spiro atoms. The molecule has 0 bridgehead atoms. The molecule has 112 valence electrons. The summed E-state index contributed by atoms with van der Waals surface area (Å²) in [4.78, 5) is 0. The number of alkyl halides is 3. The quantitative estimate of drug-likeness (QED) is 0.629. The molecular formula is C14H10BrF4NO. The van der Waals surface area contributed by atoms with Crippen molar-refractivity contribution >= 4 is 21.6 Å². The van der Waals surface area contributed by atoms with Crippen LogP contribution >= 0.6 is 15.9 Å². The highest BCUT2D eigenvalue weighted by atomic mass is 79.9. The highest BCUT2D eigenvalue weighted by molar-refractivity contribution is 9.10. The molecule has 2 aromatic carbocycles. The summed E-state index contributed by atoms with van der Waals surface area (Å²) in [5.41, 5.74) is 4.80. The van der Waals surface area contributed by atoms with E-state index in [1.165, 1.54) is 18.2 Å². The van der Waals surface area contributed by atoms with E-state index in [4.69, 9.17) is 10.5 Å². The summed E-state index contributed by atoms with van der Waals surface area (Å²) in [6, 6.07) is 7.26. The van der Waals surface area contributed by atoms with Crippen molar-refractivity contribution in [2.75, 3.05) is 5.73 Å². The molecule has 0 aromatic heterocycles. The number of benzene rings is 2. The lowest BCUT2D eigenvalue weighted by atomic mass is 10.1. The molecule has 0 atom stereocenters. The molecule has 0 heterocycles. The molecule has 0 aliphatic carbocycles. The summed E-state index contributed by atoms with van der Waals surface area (Å²) in [6.45, 7) is -0.191. The highest BCUT2D eigenvalue weighted by Gasteiger charge is 2.34. The van der Waals surface area contributed by atoms with Gasteiger partial charge in [-0.3, -0.25) is 0 Å². The molecule has 0 amide bonds. The summed E-state index contributed by atoms with van der Waals surface area (Å²) >= 11 is 3.10. The molecule has 2 rings (SSSR count). The Balaban J connectivity index is 2.24. The first kappa shape index (κ1) is 15.6. The first-order valence-corrected chi connectivity index (χ1v) is 6.59. The third kappa shape index (κ3) is 4.10. The minimum Gasteiger partial charge on any atom is -0.488 e. The zero-order valence-corrected chi connectivity index (χ0v) is 12.1. The van der Waals surface area contributed by atoms with Crippen LogP contribution in [0, 0.1) is 5.82 Å². The molecule has 2 N–H and O–H groups in total. The monoisotopic (exact) mass is 363 g/mol. The molecule has 21 heavy (non-hydrogen) atoms. The molecule has 0 aliphatic heterocycles. The van der Waals surface area contributed by atoms with Crippen LogP contribution in [0.15, 0.2) is 40.9 Å². The number of hydrogen-bond donors (Lipinski definition) is 1. The van der Waals surface area contributed by atoms with Crippen LogP contribution < -0.4 is 10.5 Å². The maximum atomic E-state index is 13.2. The second-order valence-electron chi connectivity index (χ2n) is 4.32. The highest BCUT2D eigenvalue weighted by Crippen LogP contribution is 2.37. The van der Waals surface area contributed by atoms with Gasteiger partial charge in [0.05, 0.1) is 5.56 Å². The maximum absolute atomic E-state index is 13.2. The zero-order chi connectivity index (χ0) is 15.6. The second-order valence-corrected chi connectivity index (χ2v) is 5.24. The van der Waals surface area contributed by atoms with Crippen molar-refractivity contribution in [2.24, 2.45) is 0 Å². The number of ether oxygens (including phenoxy) is 1. The van der Waals surface area contributed by atoms with Crippen molar-refractivity contribution < 1.29 is 22.3 Å². The maximum Gasteiger partial charge on any atom is 0.420 e. The van der Waals surface area contributed by atoms with Gasteiger partial charge in [-0.25, -0.2) is 4.39 Å². The first-order valence-electron chi connectivity index (χ1n) is 5.80. The van der Waals surface area contributed by atoms with Crippen molar-refractivity contribution in [2.45, 2.75) is 12.8 Å². The summed E-state index contributed by atoms with van der Waals surface area (Å²) in [7, 11) is 0. The molecular weight excluding hydrogens is 354 g/mol. The Kier molecular flexibility index (Phi) is 4.41. The lowest BCUT2D eigenvalue weighted by Crippen LogP contribution is -2.09. The van der Waals surface area contributed by atoms with Gasteiger partial charge in [0.25, 0.3) is 0 Å². The number of anilines is 1. The Morgan fingerprint density at radius 3 is 2.43 bits per heavy atom. The van der Waals surface area contributed by atoms with Gasteiger partial charge in [0.15, 0.2) is 0 Å². The van der Waals surface area contributed by atoms with E-state index in [2.05, 4.69) is 15.9 Å². The number of nitrogens with two attached hydrogens (primary N) is 1. The van der Waals surface area contributed by atoms with Crippen molar-refractivity contribution in [1.29, 1.82) is 0 Å². The minimum atomic E-state index is -4.58. The smallest absolute Gasteiger partial charge is 0.420 e. The van der Waals surface area contributed by atoms with Gasteiger partial charge in [-0.05, 0) is 42.0 Å². The van der Waals surface area contributed by atoms with Gasteiger partial charge in [0.2, 0.25) is 0 Å². The standard InChI is InChI=1S/C14H10BrF4NO/c15-9-3-8(4-10(16)5-9)7-21-13-2-1-11(20)6-12(13)14(17,18)19/h1-6H,7,20H2. The van der Waals surface area contributed by atoms with Crippen LogP contribution in [0.1, 0.15) is 11.1 Å². The fourth-order valence-corrected chi connectivity index (χ4v) is 2.26. The molecule has 7 heteroatoms. The van der Waals surface area contributed by atoms with Crippen LogP contribution in [0.2, 0.25) is 0 Å². The van der Waals surface area contributed by atoms with Crippen LogP contribution in [0.25, 0.3) is 0 Å². The predicted octanol–water partition coefficient (Wildman–Crippen LogP) is 4.77. The van der Waals surface area contributed by atoms with Crippen LogP contribution in [-0.4, -0.2) is 0 Å². The van der Waals surface area contributed by atoms with E-state index in [9.17, 15) is 17.6 Å². The van der Waals surface area contributed by atoms with E-state index in [-0.39, 0.29) is 18.0 Å². The Morgan fingerprint density at radius 2 is 1.81 bits per heavy atom. The molecule has 0 saturated carbocycles. The average Bonchev–Trinajstić information content (AvgIpc) is 2.35. The molecule has 0 saturated heterocycles. The minimum absolute atomic E-state index is 0.0109. The Morgan fingerprint density at radius 1 is 1.10 bits per heavy atom. The van der Waals surface area contributed by atoms with E-state index in [1.807, 2.05) is 0 Å². The van der Waals surface area contributed by atoms with Crippen molar-refractivity contribution in [3.05, 3.63) is 57.8 Å². The molecule has 2 nitrogen and oxygen atoms in total. The zero-order valence-electron chi connectivity index (χ0n) is 10.5. The lowest BCUT2D eigenvalue weighted by molar-refractivity contribution is -0.139. The molecule has 0 aliphatic rings. The fourth-order valence-electron chi connectivity index (χ4n) is 1.75. The van der Waals surface area contributed by atoms with Crippen molar-refractivity contribution in [1.82, 2.24) is 0 Å². The van der Waals surface area contributed by atoms with E-state index < -0.39 is 17.6 Å². The molecule has 0 fully saturated rings. The van der Waals surface area contributed by atoms with Crippen LogP contribution in [0.4, 0.5) is 23.2 Å². The average molecular weight is 364 g/mol. The van der Waals surface area contributed by atoms with Gasteiger partial charge >= 0.3 is 6.18 Å². The lowest BCUT2D eigenvalue weighted by Gasteiger charge is -2.14. The number of rotatable bonds is 3. The largest absolute Gasteiger partial charge is 0.488 e. The fraction of sp³-hybridized carbons (Fsp3) is 0.143. The van der Waals surface area contributed by atoms with E-state index >= 15 is 0 Å². The number of nitrogen functional groups attached to an aromatic ring is 1. The van der Waals surface area contributed by atoms with E-state index in [0.717, 1.165) is 12.1 Å². The topological polar surface area (TPSA) is 35.2 Å². The predicted molar refractivity (Wildman–Crippen MR) is 74.3 cm³/mol. The van der Waals surface area contributed by atoms with E-state index in [0.29, 0.717) is 10.0 Å². The van der Waals surface area contributed by atoms with Gasteiger partial charge in [0.1, 0.15) is 18.2 Å². The van der Waals surface area contributed by atoms with Gasteiger partial charge < -0.3 is 10.5 Å². The summed E-state index contributed by atoms with van der Waals surface area (Å²) in [5, 5.41) is 0. The van der Waals surface area contributed by atoms with Gasteiger partial charge in [-0.15, -0.1) is 0 Å². The van der Waals surface area contributed by atoms with Crippen LogP contribution in [0.5, 0.6) is 5.75 Å². The number of hydrogen-bond acceptors (Lipinski definition) is 2. The van der Waals surface area contributed by atoms with Gasteiger partial charge in [0, 0.05) is 10.2 Å². The Hall–Kier alpha value is -1.76. The Labute approximate surface area is 126 Å². The van der Waals surface area contributed by atoms with E-state index in [1.54, 1.807) is 6.07 Å². The van der Waals surface area contributed by atoms with Gasteiger partial charge in [-0.2, -0.15) is 13.2 Å². The van der Waals surface area contributed by atoms with Crippen molar-refractivity contribution in [3.8, 4) is 5.75 Å². The van der Waals surface area contributed by atoms with Crippen molar-refractivity contribution in [3.63, 3.8) is 0 Å². The van der Waals surface area contributed by atoms with Crippen LogP contribution in [0.3, 0.4) is 0 Å². The molecule has 0 radical (unpaired) electrons. The normalized spacial score (nSPS) is 11.5. The molecule has 0 unspecified atom stereocenters.